The Labute approximate surface area is 191 Å². The lowest BCUT2D eigenvalue weighted by atomic mass is 10.1. The molecule has 0 unspecified atom stereocenters. The Hall–Kier alpha value is -3.54. The van der Waals surface area contributed by atoms with Crippen LogP contribution in [0.1, 0.15) is 21.7 Å². The number of hydrogen-bond acceptors (Lipinski definition) is 6. The van der Waals surface area contributed by atoms with E-state index in [1.165, 1.54) is 11.8 Å². The van der Waals surface area contributed by atoms with Crippen LogP contribution in [0, 0.1) is 11.3 Å². The van der Waals surface area contributed by atoms with Crippen molar-refractivity contribution in [3.8, 4) is 6.07 Å². The van der Waals surface area contributed by atoms with Crippen molar-refractivity contribution in [2.45, 2.75) is 18.0 Å². The molecule has 164 valence electrons. The number of thioether (sulfide) groups is 1. The van der Waals surface area contributed by atoms with Crippen LogP contribution < -0.4 is 10.6 Å². The number of hydrogen-bond donors (Lipinski definition) is 2. The Kier molecular flexibility index (Phi) is 8.49. The van der Waals surface area contributed by atoms with E-state index >= 15 is 0 Å². The molecule has 3 rings (SSSR count). The summed E-state index contributed by atoms with van der Waals surface area (Å²) in [5.74, 6) is 0.758. The second-order valence-electron chi connectivity index (χ2n) is 6.99. The standard InChI is InChI=1S/C24H24N4O3S/c1-26-24(30)19-10-8-18(9-11-19)15-28(16-20-5-4-13-31-20)17-23(29)27-21-6-2-3-7-22(21)32-14-12-25/h2-11,13H,14-17H2,1H3,(H,26,30)(H,27,29). The van der Waals surface area contributed by atoms with Gasteiger partial charge in [0.1, 0.15) is 5.76 Å². The van der Waals surface area contributed by atoms with Crippen LogP contribution in [0.2, 0.25) is 0 Å². The summed E-state index contributed by atoms with van der Waals surface area (Å²) in [4.78, 5) is 27.4. The number of carbonyl (C=O) groups is 2. The summed E-state index contributed by atoms with van der Waals surface area (Å²) in [6.45, 7) is 1.12. The zero-order valence-corrected chi connectivity index (χ0v) is 18.5. The Morgan fingerprint density at radius 1 is 1.06 bits per heavy atom. The third-order valence-electron chi connectivity index (χ3n) is 4.63. The van der Waals surface area contributed by atoms with E-state index in [1.807, 2.05) is 53.4 Å². The van der Waals surface area contributed by atoms with Crippen molar-refractivity contribution in [3.63, 3.8) is 0 Å². The van der Waals surface area contributed by atoms with Crippen molar-refractivity contribution in [2.75, 3.05) is 24.7 Å². The molecule has 1 heterocycles. The smallest absolute Gasteiger partial charge is 0.251 e. The molecule has 0 bridgehead atoms. The molecule has 32 heavy (non-hydrogen) atoms. The first kappa shape index (κ1) is 23.1. The van der Waals surface area contributed by atoms with Crippen LogP contribution in [-0.2, 0) is 17.9 Å². The predicted octanol–water partition coefficient (Wildman–Crippen LogP) is 3.90. The number of rotatable bonds is 10. The topological polar surface area (TPSA) is 98.4 Å². The van der Waals surface area contributed by atoms with Crippen LogP contribution in [0.3, 0.4) is 0 Å². The zero-order chi connectivity index (χ0) is 22.8. The van der Waals surface area contributed by atoms with E-state index in [0.29, 0.717) is 30.1 Å². The molecule has 1 aromatic heterocycles. The number of nitrogens with zero attached hydrogens (tertiary/aromatic N) is 2. The summed E-state index contributed by atoms with van der Waals surface area (Å²) in [6, 6.07) is 20.5. The van der Waals surface area contributed by atoms with E-state index in [2.05, 4.69) is 16.7 Å². The molecule has 2 N–H and O–H groups in total. The largest absolute Gasteiger partial charge is 0.468 e. The van der Waals surface area contributed by atoms with Gasteiger partial charge in [0.2, 0.25) is 5.91 Å². The van der Waals surface area contributed by atoms with E-state index in [1.54, 1.807) is 25.4 Å². The van der Waals surface area contributed by atoms with Gasteiger partial charge in [-0.1, -0.05) is 24.3 Å². The summed E-state index contributed by atoms with van der Waals surface area (Å²) >= 11 is 1.38. The molecule has 0 saturated carbocycles. The minimum Gasteiger partial charge on any atom is -0.468 e. The highest BCUT2D eigenvalue weighted by Gasteiger charge is 2.15. The highest BCUT2D eigenvalue weighted by Crippen LogP contribution is 2.26. The number of anilines is 1. The van der Waals surface area contributed by atoms with Crippen LogP contribution in [0.4, 0.5) is 5.69 Å². The number of carbonyl (C=O) groups excluding carboxylic acids is 2. The molecular weight excluding hydrogens is 424 g/mol. The first-order valence-electron chi connectivity index (χ1n) is 10.0. The van der Waals surface area contributed by atoms with Gasteiger partial charge in [0.15, 0.2) is 0 Å². The lowest BCUT2D eigenvalue weighted by Gasteiger charge is -2.21. The Bertz CT molecular complexity index is 1080. The lowest BCUT2D eigenvalue weighted by molar-refractivity contribution is -0.117. The van der Waals surface area contributed by atoms with Gasteiger partial charge in [-0.2, -0.15) is 5.26 Å². The lowest BCUT2D eigenvalue weighted by Crippen LogP contribution is -2.32. The number of nitrogens with one attached hydrogen (secondary N) is 2. The Balaban J connectivity index is 1.70. The molecule has 0 atom stereocenters. The zero-order valence-electron chi connectivity index (χ0n) is 17.7. The van der Waals surface area contributed by atoms with Gasteiger partial charge in [-0.3, -0.25) is 14.5 Å². The maximum atomic E-state index is 12.8. The normalized spacial score (nSPS) is 10.5. The van der Waals surface area contributed by atoms with Gasteiger partial charge in [-0.15, -0.1) is 11.8 Å². The second-order valence-corrected chi connectivity index (χ2v) is 8.01. The summed E-state index contributed by atoms with van der Waals surface area (Å²) in [7, 11) is 1.59. The van der Waals surface area contributed by atoms with Crippen molar-refractivity contribution < 1.29 is 14.0 Å². The molecule has 0 saturated heterocycles. The van der Waals surface area contributed by atoms with Crippen LogP contribution in [0.25, 0.3) is 0 Å². The van der Waals surface area contributed by atoms with Crippen molar-refractivity contribution in [2.24, 2.45) is 0 Å². The summed E-state index contributed by atoms with van der Waals surface area (Å²) in [5, 5.41) is 14.4. The summed E-state index contributed by atoms with van der Waals surface area (Å²) < 4.78 is 5.47. The number of amides is 2. The Morgan fingerprint density at radius 3 is 2.53 bits per heavy atom. The van der Waals surface area contributed by atoms with Crippen molar-refractivity contribution in [3.05, 3.63) is 83.8 Å². The third-order valence-corrected chi connectivity index (χ3v) is 5.57. The van der Waals surface area contributed by atoms with E-state index < -0.39 is 0 Å². The molecular formula is C24H24N4O3S. The Morgan fingerprint density at radius 2 is 1.84 bits per heavy atom. The number of furan rings is 1. The summed E-state index contributed by atoms with van der Waals surface area (Å²) in [6.07, 6.45) is 1.61. The number of nitriles is 1. The van der Waals surface area contributed by atoms with E-state index in [9.17, 15) is 9.59 Å². The van der Waals surface area contributed by atoms with Gasteiger partial charge >= 0.3 is 0 Å². The second kappa shape index (κ2) is 11.7. The molecule has 0 radical (unpaired) electrons. The average molecular weight is 449 g/mol. The first-order valence-corrected chi connectivity index (χ1v) is 11.0. The minimum absolute atomic E-state index is 0.142. The van der Waals surface area contributed by atoms with E-state index in [0.717, 1.165) is 16.2 Å². The fraction of sp³-hybridized carbons (Fsp3) is 0.208. The molecule has 0 aliphatic heterocycles. The fourth-order valence-corrected chi connectivity index (χ4v) is 3.82. The van der Waals surface area contributed by atoms with Crippen molar-refractivity contribution >= 4 is 29.3 Å². The van der Waals surface area contributed by atoms with Crippen LogP contribution in [0.5, 0.6) is 0 Å². The molecule has 2 aromatic carbocycles. The van der Waals surface area contributed by atoms with Crippen molar-refractivity contribution in [1.29, 1.82) is 5.26 Å². The molecule has 0 aliphatic carbocycles. The molecule has 8 heteroatoms. The van der Waals surface area contributed by atoms with Gasteiger partial charge in [-0.05, 0) is 42.0 Å². The highest BCUT2D eigenvalue weighted by atomic mass is 32.2. The molecule has 2 amide bonds. The van der Waals surface area contributed by atoms with Gasteiger partial charge < -0.3 is 15.1 Å². The maximum absolute atomic E-state index is 12.8. The predicted molar refractivity (Wildman–Crippen MR) is 124 cm³/mol. The first-order chi connectivity index (χ1) is 15.6. The highest BCUT2D eigenvalue weighted by molar-refractivity contribution is 7.99. The van der Waals surface area contributed by atoms with Crippen LogP contribution >= 0.6 is 11.8 Å². The fourth-order valence-electron chi connectivity index (χ4n) is 3.15. The molecule has 3 aromatic rings. The van der Waals surface area contributed by atoms with Crippen LogP contribution in [0.15, 0.2) is 76.2 Å². The molecule has 0 fully saturated rings. The van der Waals surface area contributed by atoms with E-state index in [4.69, 9.17) is 9.68 Å². The van der Waals surface area contributed by atoms with Gasteiger partial charge in [0.05, 0.1) is 36.9 Å². The number of para-hydroxylation sites is 1. The summed E-state index contributed by atoms with van der Waals surface area (Å²) in [5.41, 5.74) is 2.24. The molecule has 0 aliphatic rings. The average Bonchev–Trinajstić information content (AvgIpc) is 3.31. The monoisotopic (exact) mass is 448 g/mol. The minimum atomic E-state index is -0.163. The van der Waals surface area contributed by atoms with Crippen molar-refractivity contribution in [1.82, 2.24) is 10.2 Å². The van der Waals surface area contributed by atoms with E-state index in [-0.39, 0.29) is 18.4 Å². The van der Waals surface area contributed by atoms with Gasteiger partial charge in [0, 0.05) is 24.1 Å². The SMILES string of the molecule is CNC(=O)c1ccc(CN(CC(=O)Nc2ccccc2SCC#N)Cc2ccco2)cc1. The van der Waals surface area contributed by atoms with Gasteiger partial charge in [-0.25, -0.2) is 0 Å². The number of benzene rings is 2. The quantitative estimate of drug-likeness (QED) is 0.457. The molecule has 7 nitrogen and oxygen atoms in total. The molecule has 0 spiro atoms. The third kappa shape index (κ3) is 6.74. The maximum Gasteiger partial charge on any atom is 0.251 e. The van der Waals surface area contributed by atoms with Gasteiger partial charge in [0.25, 0.3) is 5.91 Å². The van der Waals surface area contributed by atoms with Crippen LogP contribution in [-0.4, -0.2) is 36.1 Å².